The summed E-state index contributed by atoms with van der Waals surface area (Å²) >= 11 is 0. The van der Waals surface area contributed by atoms with Crippen LogP contribution in [0.2, 0.25) is 0 Å². The molecule has 0 heterocycles. The number of carbonyl (C=O) groups is 3. The molecule has 0 rings (SSSR count). The summed E-state index contributed by atoms with van der Waals surface area (Å²) in [7, 11) is 1.57. The number of nitrogens with one attached hydrogen (secondary N) is 2. The maximum absolute atomic E-state index is 11.0. The van der Waals surface area contributed by atoms with E-state index in [-0.39, 0.29) is 19.4 Å². The highest BCUT2D eigenvalue weighted by atomic mass is 16.4. The number of primary amides is 1. The number of hydrogen-bond acceptors (Lipinski definition) is 4. The molecule has 0 saturated carbocycles. The topological polar surface area (TPSA) is 122 Å². The van der Waals surface area contributed by atoms with Crippen LogP contribution in [0.1, 0.15) is 12.8 Å². The van der Waals surface area contributed by atoms with E-state index in [1.807, 2.05) is 0 Å². The van der Waals surface area contributed by atoms with Gasteiger partial charge in [-0.2, -0.15) is 0 Å². The molecule has 0 saturated heterocycles. The minimum Gasteiger partial charge on any atom is -0.480 e. The fourth-order valence-electron chi connectivity index (χ4n) is 0.950. The van der Waals surface area contributed by atoms with Crippen LogP contribution >= 0.6 is 0 Å². The van der Waals surface area contributed by atoms with Crippen LogP contribution < -0.4 is 16.4 Å². The molecule has 7 nitrogen and oxygen atoms in total. The molecule has 0 radical (unpaired) electrons. The number of amides is 2. The van der Waals surface area contributed by atoms with Gasteiger partial charge in [0, 0.05) is 6.42 Å². The predicted molar refractivity (Wildman–Crippen MR) is 51.9 cm³/mol. The number of nitrogens with two attached hydrogens (primary N) is 1. The summed E-state index contributed by atoms with van der Waals surface area (Å²) < 4.78 is 0. The van der Waals surface area contributed by atoms with Gasteiger partial charge < -0.3 is 21.5 Å². The molecule has 0 fully saturated rings. The number of likely N-dealkylation sites (N-methyl/N-ethyl adjacent to an activating group) is 1. The molecule has 1 unspecified atom stereocenters. The predicted octanol–water partition coefficient (Wildman–Crippen LogP) is -1.96. The summed E-state index contributed by atoms with van der Waals surface area (Å²) in [5.41, 5.74) is 4.87. The largest absolute Gasteiger partial charge is 0.480 e. The zero-order valence-corrected chi connectivity index (χ0v) is 8.45. The first-order chi connectivity index (χ1) is 6.97. The number of carbonyl (C=O) groups excluding carboxylic acids is 2. The van der Waals surface area contributed by atoms with Crippen LogP contribution in [0.25, 0.3) is 0 Å². The standard InChI is InChI=1S/C8H15N3O4/c1-10-4-7(13)11-5(8(14)15)2-3-6(9)12/h5,10H,2-4H2,1H3,(H2,9,12)(H,11,13)(H,14,15). The average molecular weight is 217 g/mol. The Hall–Kier alpha value is -1.63. The first-order valence-electron chi connectivity index (χ1n) is 4.42. The minimum atomic E-state index is -1.18. The Kier molecular flexibility index (Phi) is 6.03. The molecular formula is C8H15N3O4. The summed E-state index contributed by atoms with van der Waals surface area (Å²) in [6.45, 7) is 0.0281. The average Bonchev–Trinajstić information content (AvgIpc) is 2.11. The Balaban J connectivity index is 4.10. The van der Waals surface area contributed by atoms with Gasteiger partial charge >= 0.3 is 5.97 Å². The maximum Gasteiger partial charge on any atom is 0.326 e. The summed E-state index contributed by atoms with van der Waals surface area (Å²) in [5.74, 6) is -2.21. The number of carboxylic acid groups (broad SMARTS) is 1. The van der Waals surface area contributed by atoms with Crippen LogP contribution in [0.5, 0.6) is 0 Å². The van der Waals surface area contributed by atoms with Crippen LogP contribution in [-0.2, 0) is 14.4 Å². The van der Waals surface area contributed by atoms with E-state index in [4.69, 9.17) is 10.8 Å². The van der Waals surface area contributed by atoms with Crippen LogP contribution in [0, 0.1) is 0 Å². The fourth-order valence-corrected chi connectivity index (χ4v) is 0.950. The van der Waals surface area contributed by atoms with E-state index in [0.29, 0.717) is 0 Å². The van der Waals surface area contributed by atoms with Gasteiger partial charge in [-0.15, -0.1) is 0 Å². The molecule has 0 bridgehead atoms. The summed E-state index contributed by atoms with van der Waals surface area (Å²) in [6, 6.07) is -1.07. The van der Waals surface area contributed by atoms with Gasteiger partial charge in [-0.3, -0.25) is 9.59 Å². The van der Waals surface area contributed by atoms with E-state index in [1.54, 1.807) is 7.05 Å². The Morgan fingerprint density at radius 1 is 1.40 bits per heavy atom. The van der Waals surface area contributed by atoms with E-state index in [2.05, 4.69) is 10.6 Å². The van der Waals surface area contributed by atoms with E-state index < -0.39 is 23.8 Å². The molecule has 0 aromatic carbocycles. The van der Waals surface area contributed by atoms with Crippen molar-refractivity contribution < 1.29 is 19.5 Å². The second-order valence-electron chi connectivity index (χ2n) is 2.99. The van der Waals surface area contributed by atoms with Crippen LogP contribution in [-0.4, -0.2) is 42.5 Å². The first-order valence-corrected chi connectivity index (χ1v) is 4.42. The van der Waals surface area contributed by atoms with Gasteiger partial charge in [0.25, 0.3) is 0 Å². The zero-order chi connectivity index (χ0) is 11.8. The Bertz CT molecular complexity index is 254. The van der Waals surface area contributed by atoms with Gasteiger partial charge in [0.1, 0.15) is 6.04 Å². The molecule has 15 heavy (non-hydrogen) atoms. The summed E-state index contributed by atoms with van der Waals surface area (Å²) in [5, 5.41) is 13.6. The lowest BCUT2D eigenvalue weighted by Crippen LogP contribution is -2.44. The van der Waals surface area contributed by atoms with Crippen molar-refractivity contribution in [3.8, 4) is 0 Å². The zero-order valence-electron chi connectivity index (χ0n) is 8.45. The first kappa shape index (κ1) is 13.4. The maximum atomic E-state index is 11.0. The molecule has 7 heteroatoms. The smallest absolute Gasteiger partial charge is 0.326 e. The third-order valence-corrected chi connectivity index (χ3v) is 1.65. The van der Waals surface area contributed by atoms with Crippen molar-refractivity contribution in [2.75, 3.05) is 13.6 Å². The molecule has 1 atom stereocenters. The Labute approximate surface area is 87.0 Å². The van der Waals surface area contributed by atoms with Crippen molar-refractivity contribution in [2.24, 2.45) is 5.73 Å². The number of carboxylic acids is 1. The van der Waals surface area contributed by atoms with Crippen LogP contribution in [0.15, 0.2) is 0 Å². The molecule has 0 aromatic rings. The van der Waals surface area contributed by atoms with Gasteiger partial charge in [0.05, 0.1) is 6.54 Å². The van der Waals surface area contributed by atoms with Crippen LogP contribution in [0.3, 0.4) is 0 Å². The van der Waals surface area contributed by atoms with Crippen molar-refractivity contribution >= 4 is 17.8 Å². The normalized spacial score (nSPS) is 11.8. The lowest BCUT2D eigenvalue weighted by Gasteiger charge is -2.13. The second-order valence-corrected chi connectivity index (χ2v) is 2.99. The summed E-state index contributed by atoms with van der Waals surface area (Å²) in [6.07, 6.45) is -0.0725. The molecule has 0 spiro atoms. The molecule has 86 valence electrons. The van der Waals surface area contributed by atoms with E-state index >= 15 is 0 Å². The number of aliphatic carboxylic acids is 1. The number of hydrogen-bond donors (Lipinski definition) is 4. The monoisotopic (exact) mass is 217 g/mol. The van der Waals surface area contributed by atoms with E-state index in [0.717, 1.165) is 0 Å². The second kappa shape index (κ2) is 6.77. The molecule has 0 aliphatic carbocycles. The molecule has 0 aliphatic rings. The van der Waals surface area contributed by atoms with Crippen molar-refractivity contribution in [2.45, 2.75) is 18.9 Å². The van der Waals surface area contributed by atoms with E-state index in [9.17, 15) is 14.4 Å². The molecule has 0 aliphatic heterocycles. The Morgan fingerprint density at radius 2 is 2.00 bits per heavy atom. The van der Waals surface area contributed by atoms with Crippen molar-refractivity contribution in [3.63, 3.8) is 0 Å². The third-order valence-electron chi connectivity index (χ3n) is 1.65. The van der Waals surface area contributed by atoms with Gasteiger partial charge in [-0.05, 0) is 13.5 Å². The fraction of sp³-hybridized carbons (Fsp3) is 0.625. The van der Waals surface area contributed by atoms with Gasteiger partial charge in [0.2, 0.25) is 11.8 Å². The van der Waals surface area contributed by atoms with Crippen LogP contribution in [0.4, 0.5) is 0 Å². The SMILES string of the molecule is CNCC(=O)NC(CCC(N)=O)C(=O)O. The quantitative estimate of drug-likeness (QED) is 0.394. The highest BCUT2D eigenvalue weighted by molar-refractivity contribution is 5.85. The van der Waals surface area contributed by atoms with Crippen molar-refractivity contribution in [3.05, 3.63) is 0 Å². The van der Waals surface area contributed by atoms with Gasteiger partial charge in [-0.25, -0.2) is 4.79 Å². The molecule has 0 aromatic heterocycles. The highest BCUT2D eigenvalue weighted by Gasteiger charge is 2.19. The van der Waals surface area contributed by atoms with Crippen molar-refractivity contribution in [1.82, 2.24) is 10.6 Å². The Morgan fingerprint density at radius 3 is 2.40 bits per heavy atom. The van der Waals surface area contributed by atoms with Gasteiger partial charge in [-0.1, -0.05) is 0 Å². The van der Waals surface area contributed by atoms with E-state index in [1.165, 1.54) is 0 Å². The minimum absolute atomic E-state index is 0.000120. The lowest BCUT2D eigenvalue weighted by molar-refractivity contribution is -0.142. The number of rotatable bonds is 7. The van der Waals surface area contributed by atoms with Gasteiger partial charge in [0.15, 0.2) is 0 Å². The van der Waals surface area contributed by atoms with Crippen molar-refractivity contribution in [1.29, 1.82) is 0 Å². The third kappa shape index (κ3) is 6.44. The molecular weight excluding hydrogens is 202 g/mol. The summed E-state index contributed by atoms with van der Waals surface area (Å²) in [4.78, 5) is 32.2. The lowest BCUT2D eigenvalue weighted by atomic mass is 10.1. The molecule has 2 amide bonds. The highest BCUT2D eigenvalue weighted by Crippen LogP contribution is 1.96. The molecule has 5 N–H and O–H groups in total.